The summed E-state index contributed by atoms with van der Waals surface area (Å²) in [5.74, 6) is 0.887. The summed E-state index contributed by atoms with van der Waals surface area (Å²) in [5.41, 5.74) is 0. The van der Waals surface area contributed by atoms with Gasteiger partial charge in [0.2, 0.25) is 0 Å². The number of hydrogen-bond donors (Lipinski definition) is 2. The van der Waals surface area contributed by atoms with Crippen molar-refractivity contribution >= 4 is 0 Å². The Hall–Kier alpha value is -0.0800. The molecule has 1 fully saturated rings. The van der Waals surface area contributed by atoms with Gasteiger partial charge in [-0.05, 0) is 38.6 Å². The van der Waals surface area contributed by atoms with Gasteiger partial charge in [-0.15, -0.1) is 0 Å². The highest BCUT2D eigenvalue weighted by Gasteiger charge is 2.17. The summed E-state index contributed by atoms with van der Waals surface area (Å²) >= 11 is 0. The Labute approximate surface area is 81.7 Å². The second-order valence-corrected chi connectivity index (χ2v) is 4.56. The predicted octanol–water partition coefficient (Wildman–Crippen LogP) is 1.93. The molecule has 13 heavy (non-hydrogen) atoms. The van der Waals surface area contributed by atoms with Crippen LogP contribution in [0.5, 0.6) is 0 Å². The lowest BCUT2D eigenvalue weighted by Gasteiger charge is -2.27. The smallest absolute Gasteiger partial charge is 0.0524 e. The van der Waals surface area contributed by atoms with Gasteiger partial charge >= 0.3 is 0 Å². The van der Waals surface area contributed by atoms with E-state index in [2.05, 4.69) is 12.2 Å². The molecule has 2 heteroatoms. The summed E-state index contributed by atoms with van der Waals surface area (Å²) in [6.07, 6.45) is 6.13. The third-order valence-corrected chi connectivity index (χ3v) is 2.93. The second-order valence-electron chi connectivity index (χ2n) is 4.56. The van der Waals surface area contributed by atoms with Crippen LogP contribution in [0.25, 0.3) is 0 Å². The van der Waals surface area contributed by atoms with Crippen LogP contribution in [-0.4, -0.2) is 23.8 Å². The summed E-state index contributed by atoms with van der Waals surface area (Å²) in [6, 6.07) is 0.711. The van der Waals surface area contributed by atoms with E-state index in [9.17, 15) is 0 Å². The standard InChI is InChI=1S/C11H23NO/c1-9-4-3-5-11(8-9)12-7-6-10(2)13/h9-13H,3-8H2,1-2H3/t9-,10+,11+/m0/s1. The van der Waals surface area contributed by atoms with Crippen molar-refractivity contribution in [2.24, 2.45) is 5.92 Å². The lowest BCUT2D eigenvalue weighted by atomic mass is 9.87. The first-order chi connectivity index (χ1) is 6.18. The maximum atomic E-state index is 9.09. The van der Waals surface area contributed by atoms with Crippen molar-refractivity contribution in [1.82, 2.24) is 5.32 Å². The molecule has 2 N–H and O–H groups in total. The molecule has 0 heterocycles. The van der Waals surface area contributed by atoms with Crippen LogP contribution in [0.15, 0.2) is 0 Å². The molecule has 0 bridgehead atoms. The molecule has 78 valence electrons. The van der Waals surface area contributed by atoms with Crippen molar-refractivity contribution in [2.45, 2.75) is 58.1 Å². The molecule has 2 nitrogen and oxygen atoms in total. The highest BCUT2D eigenvalue weighted by atomic mass is 16.3. The fourth-order valence-electron chi connectivity index (χ4n) is 2.12. The number of nitrogens with one attached hydrogen (secondary N) is 1. The Kier molecular flexibility index (Phi) is 4.74. The van der Waals surface area contributed by atoms with Gasteiger partial charge in [0.15, 0.2) is 0 Å². The quantitative estimate of drug-likeness (QED) is 0.701. The van der Waals surface area contributed by atoms with Gasteiger partial charge in [-0.1, -0.05) is 19.8 Å². The van der Waals surface area contributed by atoms with Crippen LogP contribution in [0.3, 0.4) is 0 Å². The number of aliphatic hydroxyl groups excluding tert-OH is 1. The molecule has 0 radical (unpaired) electrons. The SMILES string of the molecule is C[C@H]1CCC[C@@H](NCC[C@@H](C)O)C1. The molecule has 0 saturated heterocycles. The van der Waals surface area contributed by atoms with Crippen LogP contribution in [0.2, 0.25) is 0 Å². The van der Waals surface area contributed by atoms with Crippen LogP contribution in [-0.2, 0) is 0 Å². The van der Waals surface area contributed by atoms with Crippen molar-refractivity contribution in [3.8, 4) is 0 Å². The molecule has 0 aromatic heterocycles. The average Bonchev–Trinajstić information content (AvgIpc) is 2.03. The van der Waals surface area contributed by atoms with Gasteiger partial charge < -0.3 is 10.4 Å². The minimum Gasteiger partial charge on any atom is -0.393 e. The Balaban J connectivity index is 2.06. The third-order valence-electron chi connectivity index (χ3n) is 2.93. The molecule has 3 atom stereocenters. The van der Waals surface area contributed by atoms with Gasteiger partial charge in [0, 0.05) is 6.04 Å². The summed E-state index contributed by atoms with van der Waals surface area (Å²) in [6.45, 7) is 5.16. The molecule has 1 saturated carbocycles. The van der Waals surface area contributed by atoms with Gasteiger partial charge in [-0.25, -0.2) is 0 Å². The van der Waals surface area contributed by atoms with E-state index >= 15 is 0 Å². The van der Waals surface area contributed by atoms with Crippen molar-refractivity contribution < 1.29 is 5.11 Å². The van der Waals surface area contributed by atoms with Gasteiger partial charge in [-0.3, -0.25) is 0 Å². The minimum atomic E-state index is -0.159. The van der Waals surface area contributed by atoms with Crippen molar-refractivity contribution in [1.29, 1.82) is 0 Å². The third kappa shape index (κ3) is 4.63. The Morgan fingerprint density at radius 3 is 2.85 bits per heavy atom. The molecular formula is C11H23NO. The molecule has 0 aliphatic heterocycles. The molecule has 0 aromatic carbocycles. The van der Waals surface area contributed by atoms with Crippen LogP contribution in [0.4, 0.5) is 0 Å². The number of aliphatic hydroxyl groups is 1. The van der Waals surface area contributed by atoms with Crippen LogP contribution in [0, 0.1) is 5.92 Å². The van der Waals surface area contributed by atoms with Gasteiger partial charge in [0.05, 0.1) is 6.10 Å². The molecule has 0 unspecified atom stereocenters. The molecule has 0 spiro atoms. The van der Waals surface area contributed by atoms with E-state index in [0.29, 0.717) is 6.04 Å². The zero-order valence-electron chi connectivity index (χ0n) is 8.92. The molecule has 1 aliphatic carbocycles. The van der Waals surface area contributed by atoms with Crippen LogP contribution in [0.1, 0.15) is 46.0 Å². The maximum absolute atomic E-state index is 9.09. The average molecular weight is 185 g/mol. The number of rotatable bonds is 4. The van der Waals surface area contributed by atoms with Crippen LogP contribution >= 0.6 is 0 Å². The fraction of sp³-hybridized carbons (Fsp3) is 1.00. The first-order valence-electron chi connectivity index (χ1n) is 5.60. The summed E-state index contributed by atoms with van der Waals surface area (Å²) in [5, 5.41) is 12.6. The lowest BCUT2D eigenvalue weighted by molar-refractivity contribution is 0.179. The molecule has 0 aromatic rings. The van der Waals surface area contributed by atoms with Gasteiger partial charge in [0.1, 0.15) is 0 Å². The Bertz CT molecular complexity index is 136. The number of hydrogen-bond acceptors (Lipinski definition) is 2. The Morgan fingerprint density at radius 2 is 2.23 bits per heavy atom. The predicted molar refractivity (Wildman–Crippen MR) is 55.7 cm³/mol. The van der Waals surface area contributed by atoms with E-state index in [1.807, 2.05) is 6.92 Å². The Morgan fingerprint density at radius 1 is 1.46 bits per heavy atom. The normalized spacial score (nSPS) is 31.6. The van der Waals surface area contributed by atoms with E-state index < -0.39 is 0 Å². The van der Waals surface area contributed by atoms with Gasteiger partial charge in [0.25, 0.3) is 0 Å². The van der Waals surface area contributed by atoms with E-state index in [0.717, 1.165) is 18.9 Å². The highest BCUT2D eigenvalue weighted by Crippen LogP contribution is 2.23. The molecule has 1 rings (SSSR count). The van der Waals surface area contributed by atoms with E-state index in [4.69, 9.17) is 5.11 Å². The fourth-order valence-corrected chi connectivity index (χ4v) is 2.12. The first-order valence-corrected chi connectivity index (χ1v) is 5.60. The van der Waals surface area contributed by atoms with Crippen molar-refractivity contribution in [2.75, 3.05) is 6.54 Å². The zero-order chi connectivity index (χ0) is 9.68. The molecule has 0 amide bonds. The summed E-state index contributed by atoms with van der Waals surface area (Å²) in [4.78, 5) is 0. The summed E-state index contributed by atoms with van der Waals surface area (Å²) < 4.78 is 0. The van der Waals surface area contributed by atoms with Gasteiger partial charge in [-0.2, -0.15) is 0 Å². The largest absolute Gasteiger partial charge is 0.393 e. The van der Waals surface area contributed by atoms with E-state index in [1.54, 1.807) is 0 Å². The zero-order valence-corrected chi connectivity index (χ0v) is 8.92. The topological polar surface area (TPSA) is 32.3 Å². The highest BCUT2D eigenvalue weighted by molar-refractivity contribution is 4.75. The lowest BCUT2D eigenvalue weighted by Crippen LogP contribution is -2.35. The second kappa shape index (κ2) is 5.61. The minimum absolute atomic E-state index is 0.159. The van der Waals surface area contributed by atoms with Crippen molar-refractivity contribution in [3.05, 3.63) is 0 Å². The maximum Gasteiger partial charge on any atom is 0.0524 e. The van der Waals surface area contributed by atoms with Crippen molar-refractivity contribution in [3.63, 3.8) is 0 Å². The monoisotopic (exact) mass is 185 g/mol. The molecule has 1 aliphatic rings. The van der Waals surface area contributed by atoms with E-state index in [1.165, 1.54) is 25.7 Å². The first kappa shape index (κ1) is 11.0. The summed E-state index contributed by atoms with van der Waals surface area (Å²) in [7, 11) is 0. The van der Waals surface area contributed by atoms with Crippen LogP contribution < -0.4 is 5.32 Å². The van der Waals surface area contributed by atoms with E-state index in [-0.39, 0.29) is 6.10 Å². The molecular weight excluding hydrogens is 162 g/mol.